The van der Waals surface area contributed by atoms with Gasteiger partial charge >= 0.3 is 5.97 Å². The van der Waals surface area contributed by atoms with Gasteiger partial charge in [-0.25, -0.2) is 4.79 Å². The van der Waals surface area contributed by atoms with Crippen LogP contribution in [0.15, 0.2) is 84.4 Å². The smallest absolute Gasteiger partial charge is 0.337 e. The van der Waals surface area contributed by atoms with Gasteiger partial charge in [-0.15, -0.1) is 0 Å². The van der Waals surface area contributed by atoms with Crippen LogP contribution in [0.25, 0.3) is 11.8 Å². The van der Waals surface area contributed by atoms with Gasteiger partial charge < -0.3 is 5.11 Å². The molecule has 1 N–H and O–H groups in total. The van der Waals surface area contributed by atoms with Crippen molar-refractivity contribution in [3.05, 3.63) is 116 Å². The van der Waals surface area contributed by atoms with Crippen molar-refractivity contribution in [1.29, 1.82) is 0 Å². The molecule has 0 radical (unpaired) electrons. The number of benzene rings is 3. The van der Waals surface area contributed by atoms with E-state index >= 15 is 0 Å². The van der Waals surface area contributed by atoms with E-state index in [9.17, 15) is 24.8 Å². The maximum absolute atomic E-state index is 13.4. The van der Waals surface area contributed by atoms with Gasteiger partial charge in [-0.2, -0.15) is 0 Å². The summed E-state index contributed by atoms with van der Waals surface area (Å²) in [6.07, 6.45) is 3.33. The molecule has 0 spiro atoms. The van der Waals surface area contributed by atoms with Gasteiger partial charge in [0.25, 0.3) is 11.6 Å². The molecule has 1 heterocycles. The Bertz CT molecular complexity index is 1300. The Kier molecular flexibility index (Phi) is 5.57. The average Bonchev–Trinajstić information content (AvgIpc) is 3.11. The summed E-state index contributed by atoms with van der Waals surface area (Å²) in [5.74, 6) is -1.56. The molecular formula is C24H15ClN2O5. The van der Waals surface area contributed by atoms with Crippen LogP contribution in [0, 0.1) is 10.1 Å². The molecule has 0 fully saturated rings. The number of aromatic carboxylic acids is 1. The summed E-state index contributed by atoms with van der Waals surface area (Å²) in [6.45, 7) is 0. The van der Waals surface area contributed by atoms with Crippen LogP contribution in [0.4, 0.5) is 11.4 Å². The van der Waals surface area contributed by atoms with E-state index in [4.69, 9.17) is 11.6 Å². The molecule has 1 aliphatic heterocycles. The molecule has 7 nitrogen and oxygen atoms in total. The number of hydrogen-bond donors (Lipinski definition) is 1. The van der Waals surface area contributed by atoms with E-state index in [1.807, 2.05) is 30.3 Å². The van der Waals surface area contributed by atoms with Crippen molar-refractivity contribution in [1.82, 2.24) is 0 Å². The molecule has 158 valence electrons. The molecule has 0 aliphatic carbocycles. The first-order valence-electron chi connectivity index (χ1n) is 9.46. The molecule has 3 aromatic carbocycles. The molecule has 3 aromatic rings. The first-order valence-corrected chi connectivity index (χ1v) is 9.83. The van der Waals surface area contributed by atoms with Crippen LogP contribution in [0.3, 0.4) is 0 Å². The minimum atomic E-state index is -1.20. The van der Waals surface area contributed by atoms with Crippen LogP contribution in [0.5, 0.6) is 0 Å². The van der Waals surface area contributed by atoms with Gasteiger partial charge in [0.15, 0.2) is 0 Å². The summed E-state index contributed by atoms with van der Waals surface area (Å²) in [5, 5.41) is 20.4. The van der Waals surface area contributed by atoms with Crippen LogP contribution >= 0.6 is 11.6 Å². The van der Waals surface area contributed by atoms with Crippen molar-refractivity contribution in [2.45, 2.75) is 0 Å². The average molecular weight is 447 g/mol. The van der Waals surface area contributed by atoms with Crippen LogP contribution in [-0.4, -0.2) is 21.9 Å². The second-order valence-corrected chi connectivity index (χ2v) is 7.36. The van der Waals surface area contributed by atoms with Crippen molar-refractivity contribution in [3.63, 3.8) is 0 Å². The number of carboxylic acids is 1. The Morgan fingerprint density at radius 2 is 1.72 bits per heavy atom. The Hall–Kier alpha value is -4.23. The predicted octanol–water partition coefficient (Wildman–Crippen LogP) is 5.42. The van der Waals surface area contributed by atoms with E-state index in [1.54, 1.807) is 30.4 Å². The number of rotatable bonds is 5. The molecule has 0 aromatic heterocycles. The first-order chi connectivity index (χ1) is 15.3. The topological polar surface area (TPSA) is 101 Å². The molecule has 0 atom stereocenters. The summed E-state index contributed by atoms with van der Waals surface area (Å²) in [4.78, 5) is 36.7. The third-order valence-corrected chi connectivity index (χ3v) is 5.25. The van der Waals surface area contributed by atoms with E-state index in [2.05, 4.69) is 0 Å². The molecule has 0 saturated heterocycles. The summed E-state index contributed by atoms with van der Waals surface area (Å²) in [5.41, 5.74) is 2.50. The quantitative estimate of drug-likeness (QED) is 0.320. The molecule has 0 unspecified atom stereocenters. The zero-order valence-electron chi connectivity index (χ0n) is 16.4. The fourth-order valence-electron chi connectivity index (χ4n) is 3.38. The first kappa shape index (κ1) is 21.0. The SMILES string of the molecule is O=C(O)c1cc(N2C(=O)/C(=C/c3ccc([N+](=O)[O-])cc3)C=C2c2ccccc2)ccc1Cl. The van der Waals surface area contributed by atoms with Crippen LogP contribution in [-0.2, 0) is 4.79 Å². The fraction of sp³-hybridized carbons (Fsp3) is 0. The number of carbonyl (C=O) groups excluding carboxylic acids is 1. The van der Waals surface area contributed by atoms with Crippen molar-refractivity contribution in [2.24, 2.45) is 0 Å². The van der Waals surface area contributed by atoms with E-state index in [0.29, 0.717) is 22.5 Å². The second-order valence-electron chi connectivity index (χ2n) is 6.95. The lowest BCUT2D eigenvalue weighted by atomic mass is 10.1. The van der Waals surface area contributed by atoms with Crippen molar-refractivity contribution >= 4 is 46.6 Å². The van der Waals surface area contributed by atoms with Gasteiger partial charge in [-0.3, -0.25) is 19.8 Å². The number of amides is 1. The number of nitro benzene ring substituents is 1. The van der Waals surface area contributed by atoms with Gasteiger partial charge in [0.1, 0.15) is 0 Å². The second kappa shape index (κ2) is 8.49. The number of non-ortho nitro benzene ring substituents is 1. The van der Waals surface area contributed by atoms with E-state index < -0.39 is 10.9 Å². The molecule has 32 heavy (non-hydrogen) atoms. The Morgan fingerprint density at radius 1 is 1.03 bits per heavy atom. The van der Waals surface area contributed by atoms with Gasteiger partial charge in [-0.05, 0) is 53.6 Å². The monoisotopic (exact) mass is 446 g/mol. The van der Waals surface area contributed by atoms with Gasteiger partial charge in [0, 0.05) is 17.7 Å². The molecule has 8 heteroatoms. The highest BCUT2D eigenvalue weighted by Crippen LogP contribution is 2.36. The Labute approximate surface area is 187 Å². The van der Waals surface area contributed by atoms with Crippen molar-refractivity contribution in [2.75, 3.05) is 4.90 Å². The minimum Gasteiger partial charge on any atom is -0.478 e. The molecular weight excluding hydrogens is 432 g/mol. The van der Waals surface area contributed by atoms with Gasteiger partial charge in [0.05, 0.1) is 26.9 Å². The number of halogens is 1. The molecule has 0 saturated carbocycles. The number of nitrogens with zero attached hydrogens (tertiary/aromatic N) is 2. The standard InChI is InChI=1S/C24H15ClN2O5/c25-21-11-10-19(14-20(21)24(29)30)26-22(16-4-2-1-3-5-16)13-17(23(26)28)12-15-6-8-18(9-7-15)27(31)32/h1-14H,(H,29,30)/b17-12+. The molecule has 1 amide bonds. The largest absolute Gasteiger partial charge is 0.478 e. The lowest BCUT2D eigenvalue weighted by Crippen LogP contribution is -2.25. The predicted molar refractivity (Wildman–Crippen MR) is 121 cm³/mol. The van der Waals surface area contributed by atoms with Crippen LogP contribution in [0.2, 0.25) is 5.02 Å². The molecule has 1 aliphatic rings. The highest BCUT2D eigenvalue weighted by Gasteiger charge is 2.31. The number of carboxylic acid groups (broad SMARTS) is 1. The van der Waals surface area contributed by atoms with Crippen molar-refractivity contribution in [3.8, 4) is 0 Å². The highest BCUT2D eigenvalue weighted by atomic mass is 35.5. The zero-order valence-corrected chi connectivity index (χ0v) is 17.2. The maximum atomic E-state index is 13.4. The summed E-state index contributed by atoms with van der Waals surface area (Å²) < 4.78 is 0. The van der Waals surface area contributed by atoms with E-state index in [0.717, 1.165) is 5.56 Å². The zero-order chi connectivity index (χ0) is 22.8. The molecule has 0 bridgehead atoms. The number of nitro groups is 1. The number of anilines is 1. The molecule has 4 rings (SSSR count). The van der Waals surface area contributed by atoms with Gasteiger partial charge in [-0.1, -0.05) is 41.9 Å². The van der Waals surface area contributed by atoms with Crippen LogP contribution < -0.4 is 4.90 Å². The highest BCUT2D eigenvalue weighted by molar-refractivity contribution is 6.34. The number of hydrogen-bond acceptors (Lipinski definition) is 4. The minimum absolute atomic E-state index is 0.0468. The normalized spacial score (nSPS) is 14.5. The van der Waals surface area contributed by atoms with E-state index in [-0.39, 0.29) is 22.2 Å². The fourth-order valence-corrected chi connectivity index (χ4v) is 3.58. The van der Waals surface area contributed by atoms with Gasteiger partial charge in [0.2, 0.25) is 0 Å². The van der Waals surface area contributed by atoms with Crippen molar-refractivity contribution < 1.29 is 19.6 Å². The summed E-state index contributed by atoms with van der Waals surface area (Å²) >= 11 is 6.00. The number of carbonyl (C=O) groups is 2. The third kappa shape index (κ3) is 4.01. The van der Waals surface area contributed by atoms with Crippen LogP contribution in [0.1, 0.15) is 21.5 Å². The Balaban J connectivity index is 1.81. The Morgan fingerprint density at radius 3 is 2.34 bits per heavy atom. The summed E-state index contributed by atoms with van der Waals surface area (Å²) in [6, 6.07) is 19.4. The summed E-state index contributed by atoms with van der Waals surface area (Å²) in [7, 11) is 0. The van der Waals surface area contributed by atoms with E-state index in [1.165, 1.54) is 29.2 Å². The lowest BCUT2D eigenvalue weighted by molar-refractivity contribution is -0.384. The third-order valence-electron chi connectivity index (χ3n) is 4.92. The maximum Gasteiger partial charge on any atom is 0.337 e. The lowest BCUT2D eigenvalue weighted by Gasteiger charge is -2.21.